The summed E-state index contributed by atoms with van der Waals surface area (Å²) in [6.45, 7) is 0. The monoisotopic (exact) mass is 451 g/mol. The topological polar surface area (TPSA) is 558 Å². The summed E-state index contributed by atoms with van der Waals surface area (Å²) >= 11 is 0. The van der Waals surface area contributed by atoms with Crippen LogP contribution in [0.5, 0.6) is 0 Å². The fraction of sp³-hybridized carbons (Fsp3) is 0. The van der Waals surface area contributed by atoms with Crippen LogP contribution in [0.1, 0.15) is 0 Å². The number of rotatable bonds is 0. The van der Waals surface area contributed by atoms with Gasteiger partial charge in [0.2, 0.25) is 0 Å². The molecule has 0 saturated heterocycles. The molecule has 0 aliphatic carbocycles. The van der Waals surface area contributed by atoms with Crippen LogP contribution < -0.4 is 29.6 Å². The van der Waals surface area contributed by atoms with E-state index in [0.29, 0.717) is 0 Å². The Morgan fingerprint density at radius 1 is 0.222 bits per heavy atom. The minimum atomic E-state index is -2.17. The van der Waals surface area contributed by atoms with Crippen molar-refractivity contribution < 1.29 is 145 Å². The van der Waals surface area contributed by atoms with Crippen LogP contribution in [0.15, 0.2) is 0 Å². The molecule has 22 nitrogen and oxygen atoms in total. The van der Waals surface area contributed by atoms with Gasteiger partial charge in [-0.1, -0.05) is 0 Å². The molecule has 0 heterocycles. The summed E-state index contributed by atoms with van der Waals surface area (Å²) in [6, 6.07) is 0. The quantitative estimate of drug-likeness (QED) is 0.153. The van der Waals surface area contributed by atoms with Gasteiger partial charge in [0, 0.05) is 0 Å². The maximum absolute atomic E-state index is 7.17. The second-order valence-corrected chi connectivity index (χ2v) is 1.39. The maximum Gasteiger partial charge on any atom is 1.00 e. The van der Waals surface area contributed by atoms with Crippen molar-refractivity contribution in [2.75, 3.05) is 0 Å². The van der Waals surface area contributed by atoms with E-state index in [0.717, 1.165) is 0 Å². The van der Waals surface area contributed by atoms with Crippen LogP contribution in [0.2, 0.25) is 0 Å². The smallest absolute Gasteiger partial charge is 0.412 e. The SMILES string of the molecule is O.O.O.O.O.O.O.O.O.O.OB(O)O.OB(O)O.OB(O)O.OB(O)O.[Na+]. The molecular weight excluding hydrogens is 418 g/mol. The third-order valence-electron chi connectivity index (χ3n) is 0. The van der Waals surface area contributed by atoms with Crippen LogP contribution >= 0.6 is 0 Å². The molecule has 0 spiro atoms. The van der Waals surface area contributed by atoms with E-state index >= 15 is 0 Å². The number of hydrogen-bond acceptors (Lipinski definition) is 12. The maximum atomic E-state index is 7.17. The third-order valence-corrected chi connectivity index (χ3v) is 0. The Kier molecular flexibility index (Phi) is 511. The number of hydrogen-bond donors (Lipinski definition) is 12. The van der Waals surface area contributed by atoms with Crippen molar-refractivity contribution in [2.24, 2.45) is 0 Å². The van der Waals surface area contributed by atoms with Crippen molar-refractivity contribution in [3.05, 3.63) is 0 Å². The summed E-state index contributed by atoms with van der Waals surface area (Å²) in [5.41, 5.74) is 0. The Bertz CT molecular complexity index is 65.3. The van der Waals surface area contributed by atoms with E-state index in [2.05, 4.69) is 0 Å². The molecule has 32 N–H and O–H groups in total. The first-order valence-corrected chi connectivity index (χ1v) is 3.10. The van der Waals surface area contributed by atoms with Crippen molar-refractivity contribution in [1.29, 1.82) is 0 Å². The predicted octanol–water partition coefficient (Wildman–Crippen LogP) is -19.5. The Labute approximate surface area is 174 Å². The van der Waals surface area contributed by atoms with Crippen molar-refractivity contribution in [1.82, 2.24) is 0 Å². The van der Waals surface area contributed by atoms with Crippen molar-refractivity contribution in [3.8, 4) is 0 Å². The molecule has 0 rings (SSSR count). The molecule has 0 amide bonds. The Balaban J connectivity index is -0.00000000482. The summed E-state index contributed by atoms with van der Waals surface area (Å²) in [5.74, 6) is 0. The first-order valence-electron chi connectivity index (χ1n) is 3.10. The van der Waals surface area contributed by atoms with E-state index in [-0.39, 0.29) is 84.3 Å². The molecule has 0 radical (unpaired) electrons. The second kappa shape index (κ2) is 111. The molecule has 27 heteroatoms. The summed E-state index contributed by atoms with van der Waals surface area (Å²) < 4.78 is 0. The van der Waals surface area contributed by atoms with Crippen molar-refractivity contribution in [3.63, 3.8) is 0 Å². The minimum Gasteiger partial charge on any atom is -0.412 e. The van der Waals surface area contributed by atoms with E-state index in [1.165, 1.54) is 0 Å². The Morgan fingerprint density at radius 3 is 0.222 bits per heavy atom. The predicted molar refractivity (Wildman–Crippen MR) is 85.8 cm³/mol. The molecule has 0 aromatic carbocycles. The first-order chi connectivity index (χ1) is 6.93. The van der Waals surface area contributed by atoms with Gasteiger partial charge in [0.25, 0.3) is 0 Å². The van der Waals surface area contributed by atoms with Gasteiger partial charge in [0.1, 0.15) is 0 Å². The van der Waals surface area contributed by atoms with Crippen LogP contribution in [0, 0.1) is 0 Å². The van der Waals surface area contributed by atoms with Gasteiger partial charge in [-0.3, -0.25) is 0 Å². The van der Waals surface area contributed by atoms with E-state index in [9.17, 15) is 0 Å². The molecule has 0 aromatic rings. The standard InChI is InChI=1S/4BH3O3.Na.10H2O/c4*2-1(3)4;;;;;;;;;;;/h4*2-4H;;10*1H2/q;;;;+1;;;;;;;;;;. The van der Waals surface area contributed by atoms with Crippen LogP contribution in [0.4, 0.5) is 0 Å². The van der Waals surface area contributed by atoms with Gasteiger partial charge in [-0.05, 0) is 0 Å². The fourth-order valence-corrected chi connectivity index (χ4v) is 0. The Morgan fingerprint density at radius 2 is 0.222 bits per heavy atom. The summed E-state index contributed by atoms with van der Waals surface area (Å²) in [7, 11) is -8.67. The van der Waals surface area contributed by atoms with Gasteiger partial charge in [0.05, 0.1) is 0 Å². The average Bonchev–Trinajstić information content (AvgIpc) is 1.76. The normalized spacial score (nSPS) is 4.00. The van der Waals surface area contributed by atoms with Crippen molar-refractivity contribution >= 4 is 29.3 Å². The molecule has 0 bridgehead atoms. The fourth-order valence-electron chi connectivity index (χ4n) is 0. The van der Waals surface area contributed by atoms with E-state index in [1.54, 1.807) is 0 Å². The molecular formula is H32B4NaO22+. The van der Waals surface area contributed by atoms with Gasteiger partial charge in [0.15, 0.2) is 0 Å². The van der Waals surface area contributed by atoms with E-state index in [4.69, 9.17) is 60.3 Å². The zero-order valence-electron chi connectivity index (χ0n) is 13.7. The molecule has 0 saturated carbocycles. The van der Waals surface area contributed by atoms with Crippen LogP contribution in [-0.2, 0) is 0 Å². The molecule has 0 aliphatic rings. The van der Waals surface area contributed by atoms with Gasteiger partial charge < -0.3 is 115 Å². The zero-order chi connectivity index (χ0) is 14.3. The largest absolute Gasteiger partial charge is 1.00 e. The first kappa shape index (κ1) is 124. The second-order valence-electron chi connectivity index (χ2n) is 1.39. The van der Waals surface area contributed by atoms with Gasteiger partial charge in [-0.25, -0.2) is 0 Å². The van der Waals surface area contributed by atoms with Gasteiger partial charge >= 0.3 is 58.8 Å². The van der Waals surface area contributed by atoms with Gasteiger partial charge in [-0.2, -0.15) is 0 Å². The molecule has 0 aliphatic heterocycles. The van der Waals surface area contributed by atoms with Crippen molar-refractivity contribution in [2.45, 2.75) is 0 Å². The molecule has 0 aromatic heterocycles. The summed E-state index contributed by atoms with van der Waals surface area (Å²) in [5, 5.41) is 86.0. The average molecular weight is 450 g/mol. The Hall–Kier alpha value is 0.380. The molecule has 27 heavy (non-hydrogen) atoms. The summed E-state index contributed by atoms with van der Waals surface area (Å²) in [6.07, 6.45) is 0. The van der Waals surface area contributed by atoms with Crippen LogP contribution in [0.25, 0.3) is 0 Å². The van der Waals surface area contributed by atoms with E-state index < -0.39 is 29.3 Å². The van der Waals surface area contributed by atoms with Crippen LogP contribution in [-0.4, -0.2) is 144 Å². The molecule has 176 valence electrons. The minimum absolute atomic E-state index is 0. The molecule has 0 atom stereocenters. The summed E-state index contributed by atoms with van der Waals surface area (Å²) in [4.78, 5) is 0. The van der Waals surface area contributed by atoms with E-state index in [1.807, 2.05) is 0 Å². The molecule has 0 fully saturated rings. The van der Waals surface area contributed by atoms with Crippen LogP contribution in [0.3, 0.4) is 0 Å². The molecule has 0 unspecified atom stereocenters. The zero-order valence-corrected chi connectivity index (χ0v) is 15.7. The van der Waals surface area contributed by atoms with Gasteiger partial charge in [-0.15, -0.1) is 0 Å². The third kappa shape index (κ3) is 109000.